The number of ether oxygens (including phenoxy) is 9. The molecule has 3 heterocycles. The highest BCUT2D eigenvalue weighted by Gasteiger charge is 2.26. The summed E-state index contributed by atoms with van der Waals surface area (Å²) < 4.78 is 53.3. The molecule has 0 saturated heterocycles. The van der Waals surface area contributed by atoms with Gasteiger partial charge in [-0.1, -0.05) is 54.6 Å². The molecule has 55 heavy (non-hydrogen) atoms. The Kier molecular flexibility index (Phi) is 15.8. The molecule has 0 aliphatic rings. The fraction of sp³-hybridized carbons (Fsp3) is 0.372. The number of hydrogen-bond acceptors (Lipinski definition) is 12. The van der Waals surface area contributed by atoms with E-state index < -0.39 is 5.60 Å². The number of para-hydroxylation sites is 3. The summed E-state index contributed by atoms with van der Waals surface area (Å²) in [5.74, 6) is 2.21. The van der Waals surface area contributed by atoms with Gasteiger partial charge in [0.15, 0.2) is 0 Å². The first-order chi connectivity index (χ1) is 27.2. The lowest BCUT2D eigenvalue weighted by molar-refractivity contribution is -0.140. The average Bonchev–Trinajstić information content (AvgIpc) is 3.22. The van der Waals surface area contributed by atoms with Crippen LogP contribution in [0.3, 0.4) is 0 Å². The molecule has 0 fully saturated rings. The van der Waals surface area contributed by atoms with Gasteiger partial charge >= 0.3 is 0 Å². The number of aromatic nitrogens is 3. The lowest BCUT2D eigenvalue weighted by Gasteiger charge is -2.29. The average molecular weight is 752 g/mol. The predicted molar refractivity (Wildman–Crippen MR) is 210 cm³/mol. The zero-order valence-corrected chi connectivity index (χ0v) is 31.3. The highest BCUT2D eigenvalue weighted by Crippen LogP contribution is 2.25. The summed E-state index contributed by atoms with van der Waals surface area (Å²) >= 11 is 0. The number of pyridine rings is 3. The third-order valence-electron chi connectivity index (χ3n) is 8.48. The lowest BCUT2D eigenvalue weighted by Crippen LogP contribution is -2.41. The van der Waals surface area contributed by atoms with Gasteiger partial charge in [0.1, 0.15) is 59.2 Å². The molecule has 3 aromatic heterocycles. The minimum Gasteiger partial charge on any atom is -0.489 e. The fourth-order valence-electron chi connectivity index (χ4n) is 5.80. The Morgan fingerprint density at radius 1 is 0.382 bits per heavy atom. The first kappa shape index (κ1) is 39.7. The van der Waals surface area contributed by atoms with E-state index in [1.54, 1.807) is 18.6 Å². The maximum absolute atomic E-state index is 6.25. The van der Waals surface area contributed by atoms with Gasteiger partial charge in [-0.05, 0) is 43.3 Å². The van der Waals surface area contributed by atoms with Gasteiger partial charge in [-0.2, -0.15) is 0 Å². The standard InChI is InChI=1S/C43H49N3O9/c1-43(55-31-27-49-26-30-54-39-16-4-10-36-13-7-19-46-42(36)39,32-50-22-20-47-24-28-52-37-14-2-8-34-11-5-17-44-40(34)37)33-51-23-21-48-25-29-53-38-15-3-9-35-12-6-18-45-41(35)38/h2-19H,20-33H2,1H3. The second-order valence-corrected chi connectivity index (χ2v) is 12.8. The zero-order valence-electron chi connectivity index (χ0n) is 31.3. The van der Waals surface area contributed by atoms with Crippen molar-refractivity contribution in [2.45, 2.75) is 12.5 Å². The Hall–Kier alpha value is -4.95. The SMILES string of the molecule is CC(COCCOCCOc1cccc2cccnc12)(COCCOCCOc1cccc2cccnc12)OCCOCCOc1cccc2cccnc12. The van der Waals surface area contributed by atoms with Crippen LogP contribution in [0.15, 0.2) is 110 Å². The zero-order chi connectivity index (χ0) is 37.8. The number of benzene rings is 3. The van der Waals surface area contributed by atoms with Crippen molar-refractivity contribution < 1.29 is 42.6 Å². The Balaban J connectivity index is 0.870. The van der Waals surface area contributed by atoms with Gasteiger partial charge in [0.2, 0.25) is 0 Å². The van der Waals surface area contributed by atoms with Crippen LogP contribution in [-0.2, 0) is 28.4 Å². The first-order valence-electron chi connectivity index (χ1n) is 18.6. The van der Waals surface area contributed by atoms with Crippen molar-refractivity contribution in [2.75, 3.05) is 92.5 Å². The van der Waals surface area contributed by atoms with E-state index >= 15 is 0 Å². The molecule has 0 N–H and O–H groups in total. The van der Waals surface area contributed by atoms with Gasteiger partial charge in [-0.25, -0.2) is 0 Å². The third kappa shape index (κ3) is 12.5. The van der Waals surface area contributed by atoms with Crippen LogP contribution in [0, 0.1) is 0 Å². The summed E-state index contributed by atoms with van der Waals surface area (Å²) in [6.07, 6.45) is 5.28. The van der Waals surface area contributed by atoms with Crippen LogP contribution in [0.25, 0.3) is 32.7 Å². The molecule has 0 atom stereocenters. The van der Waals surface area contributed by atoms with Crippen molar-refractivity contribution >= 4 is 32.7 Å². The van der Waals surface area contributed by atoms with Gasteiger partial charge in [0.05, 0.1) is 72.7 Å². The molecule has 0 aliphatic heterocycles. The maximum atomic E-state index is 6.25. The van der Waals surface area contributed by atoms with Crippen molar-refractivity contribution in [2.24, 2.45) is 0 Å². The summed E-state index contributed by atoms with van der Waals surface area (Å²) in [5.41, 5.74) is 1.78. The fourth-order valence-corrected chi connectivity index (χ4v) is 5.80. The van der Waals surface area contributed by atoms with Gasteiger partial charge in [0, 0.05) is 34.7 Å². The molecule has 0 saturated carbocycles. The highest BCUT2D eigenvalue weighted by molar-refractivity contribution is 5.85. The minimum absolute atomic E-state index is 0.305. The second kappa shape index (κ2) is 21.8. The summed E-state index contributed by atoms with van der Waals surface area (Å²) in [6, 6.07) is 29.4. The molecule has 3 aromatic carbocycles. The van der Waals surface area contributed by atoms with Crippen LogP contribution in [0.5, 0.6) is 17.2 Å². The van der Waals surface area contributed by atoms with Crippen LogP contribution < -0.4 is 14.2 Å². The molecule has 6 aromatic rings. The van der Waals surface area contributed by atoms with Crippen LogP contribution in [0.2, 0.25) is 0 Å². The molecule has 0 unspecified atom stereocenters. The number of hydrogen-bond donors (Lipinski definition) is 0. The topological polar surface area (TPSA) is 122 Å². The number of rotatable bonds is 26. The molecular formula is C43H49N3O9. The van der Waals surface area contributed by atoms with E-state index in [1.165, 1.54) is 0 Å². The summed E-state index contributed by atoms with van der Waals surface area (Å²) in [6.45, 7) is 7.37. The van der Waals surface area contributed by atoms with Crippen LogP contribution in [0.4, 0.5) is 0 Å². The van der Waals surface area contributed by atoms with Crippen molar-refractivity contribution in [3.8, 4) is 17.2 Å². The molecule has 0 bridgehead atoms. The summed E-state index contributed by atoms with van der Waals surface area (Å²) in [4.78, 5) is 13.3. The van der Waals surface area contributed by atoms with Crippen molar-refractivity contribution in [1.29, 1.82) is 0 Å². The van der Waals surface area contributed by atoms with Crippen LogP contribution >= 0.6 is 0 Å². The Labute approximate surface area is 321 Å². The van der Waals surface area contributed by atoms with E-state index in [-0.39, 0.29) is 0 Å². The first-order valence-corrected chi connectivity index (χ1v) is 18.6. The van der Waals surface area contributed by atoms with Crippen LogP contribution in [0.1, 0.15) is 6.92 Å². The molecule has 6 rings (SSSR count). The predicted octanol–water partition coefficient (Wildman–Crippen LogP) is 6.73. The monoisotopic (exact) mass is 751 g/mol. The van der Waals surface area contributed by atoms with E-state index in [4.69, 9.17) is 42.6 Å². The van der Waals surface area contributed by atoms with E-state index in [1.807, 2.05) is 97.9 Å². The third-order valence-corrected chi connectivity index (χ3v) is 8.48. The molecule has 0 aliphatic carbocycles. The van der Waals surface area contributed by atoms with E-state index in [0.29, 0.717) is 92.5 Å². The molecule has 12 heteroatoms. The highest BCUT2D eigenvalue weighted by atomic mass is 16.6. The Morgan fingerprint density at radius 3 is 1.11 bits per heavy atom. The smallest absolute Gasteiger partial charge is 0.145 e. The normalized spacial score (nSPS) is 11.7. The van der Waals surface area contributed by atoms with Crippen molar-refractivity contribution in [1.82, 2.24) is 15.0 Å². The quantitative estimate of drug-likeness (QED) is 0.0547. The van der Waals surface area contributed by atoms with Gasteiger partial charge in [-0.15, -0.1) is 0 Å². The minimum atomic E-state index is -0.719. The molecule has 0 radical (unpaired) electrons. The molecule has 0 amide bonds. The molecule has 0 spiro atoms. The van der Waals surface area contributed by atoms with Gasteiger partial charge in [0.25, 0.3) is 0 Å². The second-order valence-electron chi connectivity index (χ2n) is 12.8. The number of nitrogens with zero attached hydrogens (tertiary/aromatic N) is 3. The Morgan fingerprint density at radius 2 is 0.709 bits per heavy atom. The van der Waals surface area contributed by atoms with E-state index in [2.05, 4.69) is 15.0 Å². The van der Waals surface area contributed by atoms with Crippen molar-refractivity contribution in [3.05, 3.63) is 110 Å². The van der Waals surface area contributed by atoms with Gasteiger partial charge in [-0.3, -0.25) is 15.0 Å². The lowest BCUT2D eigenvalue weighted by atomic mass is 10.1. The molecular weight excluding hydrogens is 702 g/mol. The summed E-state index contributed by atoms with van der Waals surface area (Å²) in [7, 11) is 0. The number of fused-ring (bicyclic) bond motifs is 3. The van der Waals surface area contributed by atoms with Crippen LogP contribution in [-0.4, -0.2) is 113 Å². The van der Waals surface area contributed by atoms with Gasteiger partial charge < -0.3 is 42.6 Å². The Bertz CT molecular complexity index is 1920. The van der Waals surface area contributed by atoms with E-state index in [0.717, 1.165) is 50.0 Å². The maximum Gasteiger partial charge on any atom is 0.145 e. The molecule has 12 nitrogen and oxygen atoms in total. The summed E-state index contributed by atoms with van der Waals surface area (Å²) in [5, 5.41) is 3.10. The van der Waals surface area contributed by atoms with Crippen molar-refractivity contribution in [3.63, 3.8) is 0 Å². The van der Waals surface area contributed by atoms with E-state index in [9.17, 15) is 0 Å². The largest absolute Gasteiger partial charge is 0.489 e. The molecule has 290 valence electrons.